The first-order valence-electron chi connectivity index (χ1n) is 5.30. The Kier molecular flexibility index (Phi) is 3.83. The monoisotopic (exact) mass is 259 g/mol. The number of benzene rings is 2. The fraction of sp³-hybridized carbons (Fsp3) is 0.0714. The van der Waals surface area contributed by atoms with Gasteiger partial charge in [-0.15, -0.1) is 0 Å². The highest BCUT2D eigenvalue weighted by Crippen LogP contribution is 2.26. The third kappa shape index (κ3) is 2.80. The Morgan fingerprint density at radius 3 is 2.33 bits per heavy atom. The van der Waals surface area contributed by atoms with Crippen molar-refractivity contribution >= 4 is 11.6 Å². The first kappa shape index (κ1) is 12.4. The van der Waals surface area contributed by atoms with Crippen LogP contribution < -0.4 is 4.74 Å². The van der Waals surface area contributed by atoms with Gasteiger partial charge in [-0.3, -0.25) is 0 Å². The number of halogens is 1. The van der Waals surface area contributed by atoms with Gasteiger partial charge in [-0.2, -0.15) is 5.26 Å². The predicted octanol–water partition coefficient (Wildman–Crippen LogP) is 3.50. The summed E-state index contributed by atoms with van der Waals surface area (Å²) in [6.07, 6.45) is 0. The zero-order valence-corrected chi connectivity index (χ0v) is 10.2. The van der Waals surface area contributed by atoms with E-state index in [9.17, 15) is 0 Å². The molecule has 0 aliphatic heterocycles. The third-order valence-electron chi connectivity index (χ3n) is 2.41. The lowest BCUT2D eigenvalue weighted by atomic mass is 10.2. The predicted molar refractivity (Wildman–Crippen MR) is 68.6 cm³/mol. The fourth-order valence-electron chi connectivity index (χ4n) is 1.45. The second-order valence-corrected chi connectivity index (χ2v) is 4.06. The highest BCUT2D eigenvalue weighted by molar-refractivity contribution is 6.31. The maximum atomic E-state index is 9.00. The molecule has 18 heavy (non-hydrogen) atoms. The number of rotatable bonds is 3. The van der Waals surface area contributed by atoms with Crippen LogP contribution in [0.1, 0.15) is 11.1 Å². The van der Waals surface area contributed by atoms with E-state index in [4.69, 9.17) is 26.7 Å². The normalized spacial score (nSPS) is 9.83. The Morgan fingerprint density at radius 2 is 1.78 bits per heavy atom. The molecule has 4 heteroatoms. The van der Waals surface area contributed by atoms with Gasteiger partial charge in [-0.1, -0.05) is 17.7 Å². The summed E-state index contributed by atoms with van der Waals surface area (Å²) >= 11 is 5.96. The summed E-state index contributed by atoms with van der Waals surface area (Å²) in [5.74, 6) is 1.21. The van der Waals surface area contributed by atoms with Crippen LogP contribution in [0.4, 0.5) is 0 Å². The molecular weight excluding hydrogens is 250 g/mol. The van der Waals surface area contributed by atoms with E-state index in [1.165, 1.54) is 0 Å². The summed E-state index contributed by atoms with van der Waals surface area (Å²) in [4.78, 5) is 0. The van der Waals surface area contributed by atoms with E-state index >= 15 is 0 Å². The fourth-order valence-corrected chi connectivity index (χ4v) is 1.68. The summed E-state index contributed by atoms with van der Waals surface area (Å²) < 4.78 is 5.58. The van der Waals surface area contributed by atoms with Crippen LogP contribution in [0, 0.1) is 11.3 Å². The van der Waals surface area contributed by atoms with Crippen LogP contribution in [0.2, 0.25) is 5.02 Å². The topological polar surface area (TPSA) is 53.2 Å². The number of hydrogen-bond donors (Lipinski definition) is 1. The molecule has 0 atom stereocenters. The van der Waals surface area contributed by atoms with E-state index in [1.54, 1.807) is 42.5 Å². The zero-order valence-electron chi connectivity index (χ0n) is 9.43. The minimum atomic E-state index is -0.101. The first-order valence-corrected chi connectivity index (χ1v) is 5.68. The Labute approximate surface area is 110 Å². The second-order valence-electron chi connectivity index (χ2n) is 3.65. The van der Waals surface area contributed by atoms with E-state index in [0.29, 0.717) is 27.6 Å². The quantitative estimate of drug-likeness (QED) is 0.918. The van der Waals surface area contributed by atoms with Gasteiger partial charge in [0, 0.05) is 5.02 Å². The van der Waals surface area contributed by atoms with Crippen molar-refractivity contribution in [3.05, 3.63) is 58.6 Å². The molecule has 3 nitrogen and oxygen atoms in total. The lowest BCUT2D eigenvalue weighted by molar-refractivity contribution is 0.282. The molecule has 0 bridgehead atoms. The number of aliphatic hydroxyl groups is 1. The average Bonchev–Trinajstić information content (AvgIpc) is 2.40. The highest BCUT2D eigenvalue weighted by Gasteiger charge is 2.03. The molecular formula is C14H10ClNO2. The van der Waals surface area contributed by atoms with Crippen molar-refractivity contribution < 1.29 is 9.84 Å². The number of aliphatic hydroxyl groups excluding tert-OH is 1. The van der Waals surface area contributed by atoms with Crippen LogP contribution in [-0.2, 0) is 6.61 Å². The molecule has 0 spiro atoms. The molecule has 0 fully saturated rings. The van der Waals surface area contributed by atoms with E-state index in [1.807, 2.05) is 6.07 Å². The number of ether oxygens (including phenoxy) is 1. The van der Waals surface area contributed by atoms with Gasteiger partial charge < -0.3 is 9.84 Å². The Hall–Kier alpha value is -2.02. The van der Waals surface area contributed by atoms with Crippen LogP contribution >= 0.6 is 11.6 Å². The molecule has 0 saturated heterocycles. The SMILES string of the molecule is N#Cc1ccc(Oc2ccc(CO)c(Cl)c2)cc1. The lowest BCUT2D eigenvalue weighted by Gasteiger charge is -2.07. The van der Waals surface area contributed by atoms with Gasteiger partial charge in [0.1, 0.15) is 11.5 Å². The average molecular weight is 260 g/mol. The molecule has 2 aromatic carbocycles. The molecule has 0 aromatic heterocycles. The molecule has 2 rings (SSSR count). The van der Waals surface area contributed by atoms with Crippen molar-refractivity contribution in [3.8, 4) is 17.6 Å². The molecule has 0 heterocycles. The largest absolute Gasteiger partial charge is 0.457 e. The van der Waals surface area contributed by atoms with Crippen molar-refractivity contribution in [1.82, 2.24) is 0 Å². The van der Waals surface area contributed by atoms with Crippen molar-refractivity contribution in [2.24, 2.45) is 0 Å². The van der Waals surface area contributed by atoms with Crippen molar-refractivity contribution in [1.29, 1.82) is 5.26 Å². The van der Waals surface area contributed by atoms with E-state index < -0.39 is 0 Å². The first-order chi connectivity index (χ1) is 8.72. The van der Waals surface area contributed by atoms with Crippen molar-refractivity contribution in [3.63, 3.8) is 0 Å². The van der Waals surface area contributed by atoms with Crippen LogP contribution in [0.15, 0.2) is 42.5 Å². The summed E-state index contributed by atoms with van der Waals surface area (Å²) in [7, 11) is 0. The number of nitrogens with zero attached hydrogens (tertiary/aromatic N) is 1. The van der Waals surface area contributed by atoms with Gasteiger partial charge >= 0.3 is 0 Å². The van der Waals surface area contributed by atoms with Gasteiger partial charge in [-0.25, -0.2) is 0 Å². The molecule has 0 aliphatic carbocycles. The van der Waals surface area contributed by atoms with Crippen molar-refractivity contribution in [2.45, 2.75) is 6.61 Å². The Morgan fingerprint density at radius 1 is 1.11 bits per heavy atom. The summed E-state index contributed by atoms with van der Waals surface area (Å²) in [5.41, 5.74) is 1.24. The van der Waals surface area contributed by atoms with Gasteiger partial charge in [0.2, 0.25) is 0 Å². The number of hydrogen-bond acceptors (Lipinski definition) is 3. The van der Waals surface area contributed by atoms with Crippen LogP contribution in [0.25, 0.3) is 0 Å². The molecule has 0 unspecified atom stereocenters. The molecule has 0 radical (unpaired) electrons. The van der Waals surface area contributed by atoms with E-state index in [-0.39, 0.29) is 6.61 Å². The highest BCUT2D eigenvalue weighted by atomic mass is 35.5. The maximum Gasteiger partial charge on any atom is 0.128 e. The molecule has 0 aliphatic rings. The van der Waals surface area contributed by atoms with E-state index in [2.05, 4.69) is 0 Å². The lowest BCUT2D eigenvalue weighted by Crippen LogP contribution is -1.88. The summed E-state index contributed by atoms with van der Waals surface area (Å²) in [6.45, 7) is -0.101. The Balaban J connectivity index is 2.18. The van der Waals surface area contributed by atoms with Gasteiger partial charge in [0.05, 0.1) is 18.2 Å². The van der Waals surface area contributed by atoms with Crippen LogP contribution in [-0.4, -0.2) is 5.11 Å². The summed E-state index contributed by atoms with van der Waals surface area (Å²) in [6, 6.07) is 13.9. The minimum Gasteiger partial charge on any atom is -0.457 e. The standard InChI is InChI=1S/C14H10ClNO2/c15-14-7-13(6-3-11(14)9-17)18-12-4-1-10(8-16)2-5-12/h1-7,17H,9H2. The van der Waals surface area contributed by atoms with Crippen LogP contribution in [0.3, 0.4) is 0 Å². The van der Waals surface area contributed by atoms with Gasteiger partial charge in [-0.05, 0) is 42.0 Å². The molecule has 0 amide bonds. The Bertz CT molecular complexity index is 588. The van der Waals surface area contributed by atoms with E-state index in [0.717, 1.165) is 0 Å². The smallest absolute Gasteiger partial charge is 0.128 e. The summed E-state index contributed by atoms with van der Waals surface area (Å²) in [5, 5.41) is 18.1. The van der Waals surface area contributed by atoms with Crippen LogP contribution in [0.5, 0.6) is 11.5 Å². The molecule has 2 aromatic rings. The van der Waals surface area contributed by atoms with Gasteiger partial charge in [0.15, 0.2) is 0 Å². The minimum absolute atomic E-state index is 0.101. The molecule has 90 valence electrons. The molecule has 1 N–H and O–H groups in total. The third-order valence-corrected chi connectivity index (χ3v) is 2.77. The second kappa shape index (κ2) is 5.54. The van der Waals surface area contributed by atoms with Gasteiger partial charge in [0.25, 0.3) is 0 Å². The van der Waals surface area contributed by atoms with Crippen molar-refractivity contribution in [2.75, 3.05) is 0 Å². The maximum absolute atomic E-state index is 9.00. The number of nitriles is 1. The molecule has 0 saturated carbocycles. The zero-order chi connectivity index (χ0) is 13.0.